The first kappa shape index (κ1) is 19.8. The SMILES string of the molecule is CCCCCCCOc1ccc(NC(=O)CN2CCCCCC2)cc1. The standard InChI is InChI=1S/C21H34N2O2/c1-2-3-4-7-10-17-25-20-13-11-19(12-14-20)22-21(24)18-23-15-8-5-6-9-16-23/h11-14H,2-10,15-18H2,1H3,(H,22,24). The molecule has 4 nitrogen and oxygen atoms in total. The molecular formula is C21H34N2O2. The molecule has 1 amide bonds. The minimum atomic E-state index is 0.0755. The zero-order chi connectivity index (χ0) is 17.7. The van der Waals surface area contributed by atoms with Gasteiger partial charge in [-0.3, -0.25) is 9.69 Å². The molecule has 1 aliphatic rings. The van der Waals surface area contributed by atoms with Gasteiger partial charge < -0.3 is 10.1 Å². The van der Waals surface area contributed by atoms with Crippen LogP contribution in [0.5, 0.6) is 5.75 Å². The summed E-state index contributed by atoms with van der Waals surface area (Å²) in [6.07, 6.45) is 11.2. The maximum Gasteiger partial charge on any atom is 0.238 e. The number of benzene rings is 1. The van der Waals surface area contributed by atoms with Gasteiger partial charge in [0, 0.05) is 5.69 Å². The van der Waals surface area contributed by atoms with Gasteiger partial charge in [0.2, 0.25) is 5.91 Å². The van der Waals surface area contributed by atoms with Crippen LogP contribution in [0.3, 0.4) is 0 Å². The number of nitrogens with one attached hydrogen (secondary N) is 1. The molecule has 0 saturated carbocycles. The summed E-state index contributed by atoms with van der Waals surface area (Å²) >= 11 is 0. The molecule has 140 valence electrons. The van der Waals surface area contributed by atoms with E-state index in [1.807, 2.05) is 24.3 Å². The summed E-state index contributed by atoms with van der Waals surface area (Å²) in [6, 6.07) is 7.72. The number of carbonyl (C=O) groups excluding carboxylic acids is 1. The summed E-state index contributed by atoms with van der Waals surface area (Å²) in [5.41, 5.74) is 0.843. The molecule has 1 N–H and O–H groups in total. The molecule has 0 spiro atoms. The number of hydrogen-bond donors (Lipinski definition) is 1. The van der Waals surface area contributed by atoms with E-state index < -0.39 is 0 Å². The van der Waals surface area contributed by atoms with Gasteiger partial charge in [-0.15, -0.1) is 0 Å². The Morgan fingerprint density at radius 1 is 1.00 bits per heavy atom. The molecule has 1 aliphatic heterocycles. The molecule has 1 aromatic carbocycles. The summed E-state index contributed by atoms with van der Waals surface area (Å²) in [4.78, 5) is 14.5. The monoisotopic (exact) mass is 346 g/mol. The summed E-state index contributed by atoms with van der Waals surface area (Å²) < 4.78 is 5.76. The van der Waals surface area contributed by atoms with E-state index in [0.29, 0.717) is 6.54 Å². The van der Waals surface area contributed by atoms with E-state index in [1.165, 1.54) is 51.4 Å². The summed E-state index contributed by atoms with van der Waals surface area (Å²) in [7, 11) is 0. The van der Waals surface area contributed by atoms with Crippen LogP contribution in [0.25, 0.3) is 0 Å². The van der Waals surface area contributed by atoms with Crippen molar-refractivity contribution < 1.29 is 9.53 Å². The lowest BCUT2D eigenvalue weighted by Gasteiger charge is -2.19. The van der Waals surface area contributed by atoms with E-state index >= 15 is 0 Å². The Labute approximate surface area is 152 Å². The number of hydrogen-bond acceptors (Lipinski definition) is 3. The van der Waals surface area contributed by atoms with E-state index in [-0.39, 0.29) is 5.91 Å². The first-order valence-electron chi connectivity index (χ1n) is 10.0. The van der Waals surface area contributed by atoms with Crippen LogP contribution in [-0.2, 0) is 4.79 Å². The van der Waals surface area contributed by atoms with Crippen LogP contribution in [0, 0.1) is 0 Å². The third-order valence-corrected chi connectivity index (χ3v) is 4.72. The Hall–Kier alpha value is -1.55. The number of nitrogens with zero attached hydrogens (tertiary/aromatic N) is 1. The smallest absolute Gasteiger partial charge is 0.238 e. The van der Waals surface area contributed by atoms with Crippen LogP contribution < -0.4 is 10.1 Å². The van der Waals surface area contributed by atoms with Gasteiger partial charge in [-0.05, 0) is 56.6 Å². The minimum absolute atomic E-state index is 0.0755. The largest absolute Gasteiger partial charge is 0.494 e. The van der Waals surface area contributed by atoms with Gasteiger partial charge in [0.15, 0.2) is 0 Å². The van der Waals surface area contributed by atoms with Gasteiger partial charge in [-0.1, -0.05) is 45.4 Å². The number of unbranched alkanes of at least 4 members (excludes halogenated alkanes) is 4. The van der Waals surface area contributed by atoms with Gasteiger partial charge in [0.05, 0.1) is 13.2 Å². The Kier molecular flexibility index (Phi) is 9.42. The van der Waals surface area contributed by atoms with Crippen molar-refractivity contribution in [2.24, 2.45) is 0 Å². The lowest BCUT2D eigenvalue weighted by molar-refractivity contribution is -0.117. The Morgan fingerprint density at radius 2 is 1.68 bits per heavy atom. The third kappa shape index (κ3) is 8.39. The average Bonchev–Trinajstić information content (AvgIpc) is 2.88. The molecule has 1 saturated heterocycles. The first-order chi connectivity index (χ1) is 12.3. The van der Waals surface area contributed by atoms with Crippen molar-refractivity contribution in [2.45, 2.75) is 64.7 Å². The van der Waals surface area contributed by atoms with E-state index in [1.54, 1.807) is 0 Å². The molecular weight excluding hydrogens is 312 g/mol. The second-order valence-corrected chi connectivity index (χ2v) is 7.03. The molecule has 0 aromatic heterocycles. The van der Waals surface area contributed by atoms with Crippen molar-refractivity contribution in [1.82, 2.24) is 4.90 Å². The fraction of sp³-hybridized carbons (Fsp3) is 0.667. The molecule has 0 aliphatic carbocycles. The van der Waals surface area contributed by atoms with Crippen LogP contribution in [0.1, 0.15) is 64.7 Å². The number of rotatable bonds is 10. The normalized spacial score (nSPS) is 15.6. The second kappa shape index (κ2) is 11.9. The lowest BCUT2D eigenvalue weighted by Crippen LogP contribution is -2.33. The van der Waals surface area contributed by atoms with Crippen molar-refractivity contribution >= 4 is 11.6 Å². The van der Waals surface area contributed by atoms with Crippen molar-refractivity contribution in [1.29, 1.82) is 0 Å². The Bertz CT molecular complexity index is 479. The average molecular weight is 347 g/mol. The molecule has 0 atom stereocenters. The summed E-state index contributed by atoms with van der Waals surface area (Å²) in [6.45, 7) is 5.57. The molecule has 0 unspecified atom stereocenters. The highest BCUT2D eigenvalue weighted by atomic mass is 16.5. The summed E-state index contributed by atoms with van der Waals surface area (Å²) in [5, 5.41) is 2.99. The zero-order valence-electron chi connectivity index (χ0n) is 15.8. The topological polar surface area (TPSA) is 41.6 Å². The second-order valence-electron chi connectivity index (χ2n) is 7.03. The highest BCUT2D eigenvalue weighted by Crippen LogP contribution is 2.17. The number of carbonyl (C=O) groups is 1. The van der Waals surface area contributed by atoms with Crippen molar-refractivity contribution in [3.63, 3.8) is 0 Å². The molecule has 4 heteroatoms. The highest BCUT2D eigenvalue weighted by molar-refractivity contribution is 5.92. The van der Waals surface area contributed by atoms with Crippen molar-refractivity contribution in [2.75, 3.05) is 31.6 Å². The molecule has 1 heterocycles. The molecule has 25 heavy (non-hydrogen) atoms. The minimum Gasteiger partial charge on any atom is -0.494 e. The lowest BCUT2D eigenvalue weighted by atomic mass is 10.2. The Balaban J connectivity index is 1.66. The van der Waals surface area contributed by atoms with E-state index in [2.05, 4.69) is 17.1 Å². The van der Waals surface area contributed by atoms with E-state index in [4.69, 9.17) is 4.74 Å². The van der Waals surface area contributed by atoms with Gasteiger partial charge >= 0.3 is 0 Å². The van der Waals surface area contributed by atoms with Crippen molar-refractivity contribution in [3.8, 4) is 5.75 Å². The van der Waals surface area contributed by atoms with Gasteiger partial charge in [0.1, 0.15) is 5.75 Å². The molecule has 0 bridgehead atoms. The zero-order valence-corrected chi connectivity index (χ0v) is 15.8. The van der Waals surface area contributed by atoms with Crippen LogP contribution in [0.4, 0.5) is 5.69 Å². The number of anilines is 1. The fourth-order valence-electron chi connectivity index (χ4n) is 3.23. The quantitative estimate of drug-likeness (QED) is 0.616. The van der Waals surface area contributed by atoms with E-state index in [9.17, 15) is 4.79 Å². The predicted molar refractivity (Wildman–Crippen MR) is 104 cm³/mol. The summed E-state index contributed by atoms with van der Waals surface area (Å²) in [5.74, 6) is 0.951. The van der Waals surface area contributed by atoms with E-state index in [0.717, 1.165) is 37.6 Å². The fourth-order valence-corrected chi connectivity index (χ4v) is 3.23. The Morgan fingerprint density at radius 3 is 2.36 bits per heavy atom. The molecule has 1 aromatic rings. The van der Waals surface area contributed by atoms with Crippen LogP contribution in [0.2, 0.25) is 0 Å². The maximum absolute atomic E-state index is 12.2. The predicted octanol–water partition coefficient (Wildman–Crippen LogP) is 4.85. The van der Waals surface area contributed by atoms with Crippen LogP contribution in [0.15, 0.2) is 24.3 Å². The number of likely N-dealkylation sites (tertiary alicyclic amines) is 1. The third-order valence-electron chi connectivity index (χ3n) is 4.72. The van der Waals surface area contributed by atoms with Crippen LogP contribution >= 0.6 is 0 Å². The van der Waals surface area contributed by atoms with Crippen molar-refractivity contribution in [3.05, 3.63) is 24.3 Å². The number of ether oxygens (including phenoxy) is 1. The maximum atomic E-state index is 12.2. The highest BCUT2D eigenvalue weighted by Gasteiger charge is 2.13. The van der Waals surface area contributed by atoms with Gasteiger partial charge in [-0.25, -0.2) is 0 Å². The van der Waals surface area contributed by atoms with Gasteiger partial charge in [-0.2, -0.15) is 0 Å². The molecule has 1 fully saturated rings. The molecule has 0 radical (unpaired) electrons. The van der Waals surface area contributed by atoms with Crippen LogP contribution in [-0.4, -0.2) is 37.0 Å². The van der Waals surface area contributed by atoms with Gasteiger partial charge in [0.25, 0.3) is 0 Å². The first-order valence-corrected chi connectivity index (χ1v) is 10.0. The number of amides is 1. The molecule has 2 rings (SSSR count).